The summed E-state index contributed by atoms with van der Waals surface area (Å²) in [5.41, 5.74) is 0.537. The second kappa shape index (κ2) is 5.15. The molecule has 0 aromatic heterocycles. The summed E-state index contributed by atoms with van der Waals surface area (Å²) in [4.78, 5) is 0. The van der Waals surface area contributed by atoms with Crippen molar-refractivity contribution in [3.8, 4) is 11.8 Å². The lowest BCUT2D eigenvalue weighted by molar-refractivity contribution is 0.0495. The molecule has 92 valence electrons. The summed E-state index contributed by atoms with van der Waals surface area (Å²) >= 11 is 0. The molecule has 0 aliphatic carbocycles. The van der Waals surface area contributed by atoms with Crippen LogP contribution in [0.3, 0.4) is 0 Å². The monoisotopic (exact) mass is 237 g/mol. The van der Waals surface area contributed by atoms with E-state index in [1.165, 1.54) is 19.2 Å². The van der Waals surface area contributed by atoms with Crippen LogP contribution >= 0.6 is 0 Å². The Balaban J connectivity index is 3.35. The van der Waals surface area contributed by atoms with Gasteiger partial charge in [-0.15, -0.1) is 0 Å². The van der Waals surface area contributed by atoms with Crippen LogP contribution in [0.25, 0.3) is 0 Å². The molecule has 0 N–H and O–H groups in total. The highest BCUT2D eigenvalue weighted by atomic mass is 19.1. The quantitative estimate of drug-likeness (QED) is 0.759. The molecule has 1 aromatic rings. The van der Waals surface area contributed by atoms with Crippen molar-refractivity contribution >= 4 is 0 Å². The van der Waals surface area contributed by atoms with Crippen molar-refractivity contribution in [1.29, 1.82) is 5.26 Å². The van der Waals surface area contributed by atoms with E-state index >= 15 is 0 Å². The third kappa shape index (κ3) is 3.18. The second-order valence-electron chi connectivity index (χ2n) is 4.74. The van der Waals surface area contributed by atoms with Crippen molar-refractivity contribution in [2.45, 2.75) is 26.2 Å². The van der Waals surface area contributed by atoms with E-state index < -0.39 is 5.82 Å². The van der Waals surface area contributed by atoms with Crippen LogP contribution in [0.5, 0.6) is 5.75 Å². The van der Waals surface area contributed by atoms with E-state index in [9.17, 15) is 4.39 Å². The Morgan fingerprint density at radius 1 is 1.35 bits per heavy atom. The number of ether oxygens (including phenoxy) is 2. The summed E-state index contributed by atoms with van der Waals surface area (Å²) in [5, 5.41) is 8.99. The topological polar surface area (TPSA) is 42.2 Å². The van der Waals surface area contributed by atoms with Gasteiger partial charge < -0.3 is 9.47 Å². The Morgan fingerprint density at radius 2 is 2.00 bits per heavy atom. The molecule has 0 aliphatic rings. The molecule has 0 aliphatic heterocycles. The molecule has 0 saturated heterocycles. The summed E-state index contributed by atoms with van der Waals surface area (Å²) in [6, 6.07) is 4.50. The fraction of sp³-hybridized carbons (Fsp3) is 0.462. The maximum absolute atomic E-state index is 13.4. The number of hydrogen-bond acceptors (Lipinski definition) is 3. The van der Waals surface area contributed by atoms with Gasteiger partial charge in [-0.3, -0.25) is 0 Å². The maximum Gasteiger partial charge on any atom is 0.188 e. The molecule has 1 aromatic carbocycles. The van der Waals surface area contributed by atoms with Crippen LogP contribution < -0.4 is 4.74 Å². The van der Waals surface area contributed by atoms with Crippen molar-refractivity contribution in [2.75, 3.05) is 13.9 Å². The van der Waals surface area contributed by atoms with Crippen molar-refractivity contribution < 1.29 is 13.9 Å². The molecule has 4 heteroatoms. The Labute approximate surface area is 101 Å². The smallest absolute Gasteiger partial charge is 0.188 e. The van der Waals surface area contributed by atoms with E-state index in [1.54, 1.807) is 0 Å². The van der Waals surface area contributed by atoms with E-state index in [1.807, 2.05) is 26.8 Å². The van der Waals surface area contributed by atoms with Gasteiger partial charge in [0.1, 0.15) is 17.6 Å². The summed E-state index contributed by atoms with van der Waals surface area (Å²) in [5.74, 6) is -0.0421. The van der Waals surface area contributed by atoms with Gasteiger partial charge in [-0.25, -0.2) is 4.39 Å². The van der Waals surface area contributed by atoms with Crippen LogP contribution in [-0.2, 0) is 10.2 Å². The minimum Gasteiger partial charge on any atom is -0.466 e. The van der Waals surface area contributed by atoms with Crippen LogP contribution in [0, 0.1) is 17.1 Å². The van der Waals surface area contributed by atoms with Crippen molar-refractivity contribution in [3.63, 3.8) is 0 Å². The van der Waals surface area contributed by atoms with Crippen LogP contribution in [0.15, 0.2) is 12.1 Å². The summed E-state index contributed by atoms with van der Waals surface area (Å²) < 4.78 is 23.6. The zero-order valence-corrected chi connectivity index (χ0v) is 10.5. The molecule has 0 amide bonds. The predicted molar refractivity (Wildman–Crippen MR) is 62.3 cm³/mol. The highest BCUT2D eigenvalue weighted by Gasteiger charge is 2.23. The standard InChI is InChI=1S/C13H16FNO2/c1-13(2,3)11-6-10(14)5-9(7-15)12(11)17-8-16-4/h5-6H,8H2,1-4H3. The van der Waals surface area contributed by atoms with Gasteiger partial charge in [-0.2, -0.15) is 5.26 Å². The van der Waals surface area contributed by atoms with Crippen LogP contribution in [0.4, 0.5) is 4.39 Å². The molecule has 0 unspecified atom stereocenters. The maximum atomic E-state index is 13.4. The number of benzene rings is 1. The first-order chi connectivity index (χ1) is 7.90. The molecular weight excluding hydrogens is 221 g/mol. The molecule has 0 radical (unpaired) electrons. The SMILES string of the molecule is COCOc1c(C#N)cc(F)cc1C(C)(C)C. The minimum absolute atomic E-state index is 0.0311. The summed E-state index contributed by atoms with van der Waals surface area (Å²) in [7, 11) is 1.49. The van der Waals surface area contributed by atoms with E-state index in [0.29, 0.717) is 11.3 Å². The molecule has 0 fully saturated rings. The Morgan fingerprint density at radius 3 is 2.47 bits per heavy atom. The zero-order chi connectivity index (χ0) is 13.1. The second-order valence-corrected chi connectivity index (χ2v) is 4.74. The first-order valence-corrected chi connectivity index (χ1v) is 5.26. The highest BCUT2D eigenvalue weighted by molar-refractivity contribution is 5.51. The van der Waals surface area contributed by atoms with Crippen molar-refractivity contribution in [2.24, 2.45) is 0 Å². The number of rotatable bonds is 3. The molecule has 17 heavy (non-hydrogen) atoms. The molecule has 3 nitrogen and oxygen atoms in total. The predicted octanol–water partition coefficient (Wildman–Crippen LogP) is 2.98. The van der Waals surface area contributed by atoms with Gasteiger partial charge in [0.15, 0.2) is 6.79 Å². The minimum atomic E-state index is -0.434. The van der Waals surface area contributed by atoms with E-state index in [4.69, 9.17) is 14.7 Å². The number of nitrogens with zero attached hydrogens (tertiary/aromatic N) is 1. The van der Waals surface area contributed by atoms with Crippen LogP contribution in [-0.4, -0.2) is 13.9 Å². The molecule has 0 saturated carbocycles. The molecule has 0 spiro atoms. The fourth-order valence-electron chi connectivity index (χ4n) is 1.51. The van der Waals surface area contributed by atoms with Gasteiger partial charge in [0.2, 0.25) is 0 Å². The third-order valence-electron chi connectivity index (χ3n) is 2.30. The van der Waals surface area contributed by atoms with Gasteiger partial charge in [0, 0.05) is 12.7 Å². The first kappa shape index (κ1) is 13.5. The van der Waals surface area contributed by atoms with Gasteiger partial charge >= 0.3 is 0 Å². The molecular formula is C13H16FNO2. The van der Waals surface area contributed by atoms with Crippen molar-refractivity contribution in [1.82, 2.24) is 0 Å². The van der Waals surface area contributed by atoms with Gasteiger partial charge in [0.05, 0.1) is 5.56 Å². The Hall–Kier alpha value is -1.60. The fourth-order valence-corrected chi connectivity index (χ4v) is 1.51. The van der Waals surface area contributed by atoms with Gasteiger partial charge in [-0.1, -0.05) is 20.8 Å². The van der Waals surface area contributed by atoms with Crippen LogP contribution in [0.2, 0.25) is 0 Å². The third-order valence-corrected chi connectivity index (χ3v) is 2.30. The lowest BCUT2D eigenvalue weighted by Gasteiger charge is -2.23. The van der Waals surface area contributed by atoms with Gasteiger partial charge in [-0.05, 0) is 17.5 Å². The Bertz CT molecular complexity index is 444. The largest absolute Gasteiger partial charge is 0.466 e. The lowest BCUT2D eigenvalue weighted by Crippen LogP contribution is -2.15. The van der Waals surface area contributed by atoms with E-state index in [2.05, 4.69) is 0 Å². The van der Waals surface area contributed by atoms with Crippen molar-refractivity contribution in [3.05, 3.63) is 29.1 Å². The average Bonchev–Trinajstić information content (AvgIpc) is 2.25. The first-order valence-electron chi connectivity index (χ1n) is 5.26. The number of nitriles is 1. The average molecular weight is 237 g/mol. The number of halogens is 1. The molecule has 0 bridgehead atoms. The lowest BCUT2D eigenvalue weighted by atomic mass is 9.85. The van der Waals surface area contributed by atoms with E-state index in [-0.39, 0.29) is 17.8 Å². The van der Waals surface area contributed by atoms with Crippen LogP contribution in [0.1, 0.15) is 31.9 Å². The summed E-state index contributed by atoms with van der Waals surface area (Å²) in [6.45, 7) is 5.83. The van der Waals surface area contributed by atoms with E-state index in [0.717, 1.165) is 0 Å². The highest BCUT2D eigenvalue weighted by Crippen LogP contribution is 2.34. The number of methoxy groups -OCH3 is 1. The normalized spacial score (nSPS) is 11.1. The molecule has 1 rings (SSSR count). The molecule has 0 atom stereocenters. The zero-order valence-electron chi connectivity index (χ0n) is 10.5. The summed E-state index contributed by atoms with van der Waals surface area (Å²) in [6.07, 6.45) is 0. The van der Waals surface area contributed by atoms with Gasteiger partial charge in [0.25, 0.3) is 0 Å². The number of hydrogen-bond donors (Lipinski definition) is 0. The Kier molecular flexibility index (Phi) is 4.08. The molecule has 0 heterocycles.